The van der Waals surface area contributed by atoms with Gasteiger partial charge in [0.05, 0.1) is 0 Å². The maximum absolute atomic E-state index is 4.45. The molecular formula is C37H46. The third-order valence-corrected chi connectivity index (χ3v) is 9.71. The van der Waals surface area contributed by atoms with E-state index in [1.54, 1.807) is 5.56 Å². The van der Waals surface area contributed by atoms with Crippen molar-refractivity contribution in [2.24, 2.45) is 23.7 Å². The quantitative estimate of drug-likeness (QED) is 0.279. The molecule has 2 aromatic carbocycles. The van der Waals surface area contributed by atoms with E-state index in [4.69, 9.17) is 0 Å². The first-order chi connectivity index (χ1) is 17.8. The molecule has 2 aromatic rings. The molecule has 3 aliphatic rings. The maximum atomic E-state index is 4.45. The normalized spacial score (nSPS) is 25.7. The number of fused-ring (bicyclic) bond motifs is 1. The molecule has 5 rings (SSSR count). The minimum Gasteiger partial charge on any atom is -0.0986 e. The van der Waals surface area contributed by atoms with E-state index >= 15 is 0 Å². The van der Waals surface area contributed by atoms with E-state index in [2.05, 4.69) is 89.4 Å². The summed E-state index contributed by atoms with van der Waals surface area (Å²) in [7, 11) is 0. The van der Waals surface area contributed by atoms with Gasteiger partial charge in [-0.15, -0.1) is 0 Å². The molecule has 194 valence electrons. The Hall–Kier alpha value is -2.60. The second kappa shape index (κ2) is 11.0. The zero-order valence-corrected chi connectivity index (χ0v) is 23.7. The van der Waals surface area contributed by atoms with E-state index in [1.165, 1.54) is 95.0 Å². The van der Waals surface area contributed by atoms with Crippen molar-refractivity contribution in [3.63, 3.8) is 0 Å². The zero-order chi connectivity index (χ0) is 26.1. The first-order valence-corrected chi connectivity index (χ1v) is 14.8. The van der Waals surface area contributed by atoms with Crippen LogP contribution in [0.3, 0.4) is 0 Å². The Labute approximate surface area is 226 Å². The number of allylic oxidation sites excluding steroid dienone is 5. The van der Waals surface area contributed by atoms with Crippen LogP contribution in [0.1, 0.15) is 86.6 Å². The van der Waals surface area contributed by atoms with E-state index in [0.717, 1.165) is 24.7 Å². The summed E-state index contributed by atoms with van der Waals surface area (Å²) < 4.78 is 0. The third kappa shape index (κ3) is 5.50. The Morgan fingerprint density at radius 1 is 0.919 bits per heavy atom. The van der Waals surface area contributed by atoms with Gasteiger partial charge in [0.25, 0.3) is 0 Å². The first kappa shape index (κ1) is 26.0. The summed E-state index contributed by atoms with van der Waals surface area (Å²) in [5.41, 5.74) is 14.4. The smallest absolute Gasteiger partial charge is 0.00826 e. The zero-order valence-electron chi connectivity index (χ0n) is 23.7. The van der Waals surface area contributed by atoms with Gasteiger partial charge in [0, 0.05) is 5.92 Å². The predicted molar refractivity (Wildman–Crippen MR) is 162 cm³/mol. The second-order valence-electron chi connectivity index (χ2n) is 12.4. The van der Waals surface area contributed by atoms with Crippen LogP contribution in [0.4, 0.5) is 0 Å². The van der Waals surface area contributed by atoms with Crippen molar-refractivity contribution in [2.45, 2.75) is 85.5 Å². The summed E-state index contributed by atoms with van der Waals surface area (Å²) in [4.78, 5) is 0. The lowest BCUT2D eigenvalue weighted by molar-refractivity contribution is 0.421. The molecule has 0 amide bonds. The molecule has 0 saturated heterocycles. The van der Waals surface area contributed by atoms with Crippen LogP contribution >= 0.6 is 0 Å². The highest BCUT2D eigenvalue weighted by Crippen LogP contribution is 2.43. The summed E-state index contributed by atoms with van der Waals surface area (Å²) in [5.74, 6) is 2.56. The fourth-order valence-corrected chi connectivity index (χ4v) is 7.27. The Bertz CT molecular complexity index is 1250. The van der Waals surface area contributed by atoms with Crippen LogP contribution < -0.4 is 0 Å². The Balaban J connectivity index is 1.42. The molecule has 0 nitrogen and oxygen atoms in total. The molecule has 1 saturated carbocycles. The number of aryl methyl sites for hydroxylation is 2. The number of hydrogen-bond acceptors (Lipinski definition) is 0. The number of hydrogen-bond donors (Lipinski definition) is 0. The summed E-state index contributed by atoms with van der Waals surface area (Å²) >= 11 is 0. The van der Waals surface area contributed by atoms with Crippen molar-refractivity contribution in [1.29, 1.82) is 0 Å². The second-order valence-corrected chi connectivity index (χ2v) is 12.4. The molecule has 37 heavy (non-hydrogen) atoms. The van der Waals surface area contributed by atoms with Crippen molar-refractivity contribution in [1.82, 2.24) is 0 Å². The van der Waals surface area contributed by atoms with Crippen molar-refractivity contribution in [2.75, 3.05) is 0 Å². The van der Waals surface area contributed by atoms with Gasteiger partial charge < -0.3 is 0 Å². The number of rotatable bonds is 6. The van der Waals surface area contributed by atoms with Gasteiger partial charge in [-0.05, 0) is 96.2 Å². The Morgan fingerprint density at radius 2 is 1.70 bits per heavy atom. The standard InChI is InChI=1S/C37H46/c1-7-29-10-8-11-30(17-16-29)21-35-27(5)18-24(2)19-37(35)33-13-9-12-32-20-31(23-36(32)33)22-34-26(4)15-14-25(3)28(34)6/h9,12-15,18-20,25,29-30,34H,4,6-8,10-11,16-17,21-23H2,1-3,5H3. The van der Waals surface area contributed by atoms with Gasteiger partial charge in [-0.3, -0.25) is 0 Å². The van der Waals surface area contributed by atoms with Crippen LogP contribution in [0.2, 0.25) is 0 Å². The molecule has 1 fully saturated rings. The fraction of sp³-hybridized carbons (Fsp3) is 0.459. The largest absolute Gasteiger partial charge is 0.0986 e. The summed E-state index contributed by atoms with van der Waals surface area (Å²) in [6.45, 7) is 18.1. The van der Waals surface area contributed by atoms with E-state index in [-0.39, 0.29) is 0 Å². The van der Waals surface area contributed by atoms with Crippen LogP contribution in [0.5, 0.6) is 0 Å². The average Bonchev–Trinajstić information content (AvgIpc) is 3.16. The Morgan fingerprint density at radius 3 is 2.51 bits per heavy atom. The average molecular weight is 491 g/mol. The minimum absolute atomic E-state index is 0.364. The molecule has 0 spiro atoms. The van der Waals surface area contributed by atoms with Crippen LogP contribution in [0.15, 0.2) is 72.4 Å². The molecule has 0 heterocycles. The van der Waals surface area contributed by atoms with Crippen LogP contribution in [0, 0.1) is 37.5 Å². The van der Waals surface area contributed by atoms with E-state index in [1.807, 2.05) is 0 Å². The summed E-state index contributed by atoms with van der Waals surface area (Å²) in [5, 5.41) is 0. The lowest BCUT2D eigenvalue weighted by atomic mass is 9.77. The van der Waals surface area contributed by atoms with Crippen LogP contribution in [-0.4, -0.2) is 0 Å². The first-order valence-electron chi connectivity index (χ1n) is 14.8. The van der Waals surface area contributed by atoms with Gasteiger partial charge in [0.15, 0.2) is 0 Å². The molecule has 0 aliphatic heterocycles. The minimum atomic E-state index is 0.364. The molecule has 4 atom stereocenters. The SMILES string of the molecule is C=C1C=CC(C)C(=C)C1CC1=Cc2cccc(-c3cc(C)cc(C)c3CC3CCCC(CC)CC3)c2C1. The summed E-state index contributed by atoms with van der Waals surface area (Å²) in [6, 6.07) is 11.9. The monoisotopic (exact) mass is 490 g/mol. The van der Waals surface area contributed by atoms with Gasteiger partial charge >= 0.3 is 0 Å². The van der Waals surface area contributed by atoms with Gasteiger partial charge in [-0.2, -0.15) is 0 Å². The van der Waals surface area contributed by atoms with Crippen molar-refractivity contribution < 1.29 is 0 Å². The van der Waals surface area contributed by atoms with Gasteiger partial charge in [0.2, 0.25) is 0 Å². The highest BCUT2D eigenvalue weighted by atomic mass is 14.3. The van der Waals surface area contributed by atoms with Gasteiger partial charge in [-0.1, -0.05) is 124 Å². The molecule has 4 unspecified atom stereocenters. The van der Waals surface area contributed by atoms with Gasteiger partial charge in [-0.25, -0.2) is 0 Å². The lowest BCUT2D eigenvalue weighted by Crippen LogP contribution is -2.15. The molecule has 3 aliphatic carbocycles. The van der Waals surface area contributed by atoms with Crippen molar-refractivity contribution >= 4 is 6.08 Å². The Kier molecular flexibility index (Phi) is 7.75. The topological polar surface area (TPSA) is 0 Å². The number of benzene rings is 2. The maximum Gasteiger partial charge on any atom is 0.00826 e. The van der Waals surface area contributed by atoms with Crippen molar-refractivity contribution in [3.8, 4) is 11.1 Å². The van der Waals surface area contributed by atoms with E-state index in [0.29, 0.717) is 11.8 Å². The molecule has 0 N–H and O–H groups in total. The van der Waals surface area contributed by atoms with E-state index < -0.39 is 0 Å². The molecule has 0 heteroatoms. The predicted octanol–water partition coefficient (Wildman–Crippen LogP) is 10.4. The summed E-state index contributed by atoms with van der Waals surface area (Å²) in [6.07, 6.45) is 18.6. The fourth-order valence-electron chi connectivity index (χ4n) is 7.27. The van der Waals surface area contributed by atoms with Gasteiger partial charge in [0.1, 0.15) is 0 Å². The highest BCUT2D eigenvalue weighted by Gasteiger charge is 2.27. The molecule has 0 radical (unpaired) electrons. The lowest BCUT2D eigenvalue weighted by Gasteiger charge is -2.28. The van der Waals surface area contributed by atoms with Crippen molar-refractivity contribution in [3.05, 3.63) is 100 Å². The third-order valence-electron chi connectivity index (χ3n) is 9.71. The van der Waals surface area contributed by atoms with Crippen LogP contribution in [0.25, 0.3) is 17.2 Å². The van der Waals surface area contributed by atoms with Crippen LogP contribution in [-0.2, 0) is 12.8 Å². The highest BCUT2D eigenvalue weighted by molar-refractivity contribution is 5.80. The van der Waals surface area contributed by atoms with E-state index in [9.17, 15) is 0 Å². The molecule has 0 aromatic heterocycles. The molecular weight excluding hydrogens is 444 g/mol. The molecule has 0 bridgehead atoms.